The number of rotatable bonds is 3. The first-order valence-electron chi connectivity index (χ1n) is 6.56. The Bertz CT molecular complexity index is 790. The van der Waals surface area contributed by atoms with Crippen LogP contribution in [-0.2, 0) is 6.42 Å². The number of thiophene rings is 1. The zero-order valence-corrected chi connectivity index (χ0v) is 12.2. The van der Waals surface area contributed by atoms with Gasteiger partial charge in [-0.3, -0.25) is 9.78 Å². The summed E-state index contributed by atoms with van der Waals surface area (Å²) in [6, 6.07) is 3.72. The van der Waals surface area contributed by atoms with Crippen LogP contribution in [0.1, 0.15) is 19.4 Å². The van der Waals surface area contributed by atoms with E-state index in [0.29, 0.717) is 11.7 Å². The number of hydrogen-bond donors (Lipinski definition) is 1. The SMILES string of the molecule is CC(C)Cc1csc2nc(-c3cccnc3)[nH]c(=O)c12. The molecule has 0 atom stereocenters. The minimum atomic E-state index is -0.0641. The molecular weight excluding hydrogens is 270 g/mol. The van der Waals surface area contributed by atoms with Gasteiger partial charge in [0, 0.05) is 18.0 Å². The molecule has 5 heteroatoms. The number of pyridine rings is 1. The van der Waals surface area contributed by atoms with Gasteiger partial charge in [0.1, 0.15) is 10.7 Å². The van der Waals surface area contributed by atoms with Crippen molar-refractivity contribution < 1.29 is 0 Å². The lowest BCUT2D eigenvalue weighted by Crippen LogP contribution is -2.10. The van der Waals surface area contributed by atoms with E-state index >= 15 is 0 Å². The molecule has 0 aliphatic carbocycles. The van der Waals surface area contributed by atoms with Crippen LogP contribution in [0.2, 0.25) is 0 Å². The van der Waals surface area contributed by atoms with Gasteiger partial charge >= 0.3 is 0 Å². The molecular formula is C15H15N3OS. The van der Waals surface area contributed by atoms with Crippen LogP contribution < -0.4 is 5.56 Å². The minimum absolute atomic E-state index is 0.0641. The Kier molecular flexibility index (Phi) is 3.36. The predicted molar refractivity (Wildman–Crippen MR) is 82.0 cm³/mol. The van der Waals surface area contributed by atoms with E-state index in [2.05, 4.69) is 28.8 Å². The average Bonchev–Trinajstić information content (AvgIpc) is 2.82. The highest BCUT2D eigenvalue weighted by atomic mass is 32.1. The van der Waals surface area contributed by atoms with Crippen molar-refractivity contribution in [3.63, 3.8) is 0 Å². The van der Waals surface area contributed by atoms with Gasteiger partial charge in [-0.05, 0) is 35.4 Å². The highest BCUT2D eigenvalue weighted by molar-refractivity contribution is 7.16. The van der Waals surface area contributed by atoms with Gasteiger partial charge in [-0.2, -0.15) is 0 Å². The van der Waals surface area contributed by atoms with Gasteiger partial charge in [-0.25, -0.2) is 4.98 Å². The lowest BCUT2D eigenvalue weighted by molar-refractivity contribution is 0.651. The van der Waals surface area contributed by atoms with Crippen molar-refractivity contribution in [3.05, 3.63) is 45.8 Å². The molecule has 0 bridgehead atoms. The zero-order chi connectivity index (χ0) is 14.1. The van der Waals surface area contributed by atoms with Crippen molar-refractivity contribution >= 4 is 21.6 Å². The first-order valence-corrected chi connectivity index (χ1v) is 7.44. The molecule has 4 nitrogen and oxygen atoms in total. The third-order valence-corrected chi connectivity index (χ3v) is 4.00. The number of hydrogen-bond acceptors (Lipinski definition) is 4. The number of aromatic nitrogens is 3. The van der Waals surface area contributed by atoms with E-state index in [-0.39, 0.29) is 5.56 Å². The second-order valence-corrected chi connectivity index (χ2v) is 6.05. The van der Waals surface area contributed by atoms with E-state index in [1.807, 2.05) is 17.5 Å². The van der Waals surface area contributed by atoms with Crippen molar-refractivity contribution in [2.75, 3.05) is 0 Å². The molecule has 0 fully saturated rings. The van der Waals surface area contributed by atoms with Crippen LogP contribution in [0.4, 0.5) is 0 Å². The maximum Gasteiger partial charge on any atom is 0.260 e. The maximum absolute atomic E-state index is 12.3. The van der Waals surface area contributed by atoms with Crippen LogP contribution >= 0.6 is 11.3 Å². The fourth-order valence-corrected chi connectivity index (χ4v) is 3.19. The van der Waals surface area contributed by atoms with Gasteiger partial charge in [0.2, 0.25) is 0 Å². The standard InChI is InChI=1S/C15H15N3OS/c1-9(2)6-11-8-20-15-12(11)14(19)17-13(18-15)10-4-3-5-16-7-10/h3-5,7-9H,6H2,1-2H3,(H,17,18,19). The van der Waals surface area contributed by atoms with Gasteiger partial charge in [0.05, 0.1) is 5.39 Å². The van der Waals surface area contributed by atoms with Crippen molar-refractivity contribution in [1.29, 1.82) is 0 Å². The topological polar surface area (TPSA) is 58.6 Å². The fourth-order valence-electron chi connectivity index (χ4n) is 2.24. The first-order chi connectivity index (χ1) is 9.65. The highest BCUT2D eigenvalue weighted by Gasteiger charge is 2.13. The van der Waals surface area contributed by atoms with E-state index in [9.17, 15) is 4.79 Å². The van der Waals surface area contributed by atoms with E-state index in [4.69, 9.17) is 0 Å². The van der Waals surface area contributed by atoms with E-state index in [1.54, 1.807) is 12.4 Å². The normalized spacial score (nSPS) is 11.3. The summed E-state index contributed by atoms with van der Waals surface area (Å²) in [5.41, 5.74) is 1.85. The Morgan fingerprint density at radius 2 is 2.25 bits per heavy atom. The maximum atomic E-state index is 12.3. The van der Waals surface area contributed by atoms with Gasteiger partial charge < -0.3 is 4.98 Å². The van der Waals surface area contributed by atoms with Gasteiger partial charge in [0.25, 0.3) is 5.56 Å². The molecule has 3 rings (SSSR count). The second-order valence-electron chi connectivity index (χ2n) is 5.20. The summed E-state index contributed by atoms with van der Waals surface area (Å²) in [7, 11) is 0. The Labute approximate surface area is 120 Å². The number of fused-ring (bicyclic) bond motifs is 1. The molecule has 20 heavy (non-hydrogen) atoms. The molecule has 0 aliphatic heterocycles. The Balaban J connectivity index is 2.15. The van der Waals surface area contributed by atoms with Crippen LogP contribution in [0, 0.1) is 5.92 Å². The van der Waals surface area contributed by atoms with Crippen molar-refractivity contribution in [1.82, 2.24) is 15.0 Å². The number of nitrogens with one attached hydrogen (secondary N) is 1. The Hall–Kier alpha value is -2.01. The van der Waals surface area contributed by atoms with Crippen LogP contribution in [0.3, 0.4) is 0 Å². The molecule has 0 unspecified atom stereocenters. The predicted octanol–water partition coefficient (Wildman–Crippen LogP) is 3.25. The molecule has 0 saturated heterocycles. The number of nitrogens with zero attached hydrogens (tertiary/aromatic N) is 2. The molecule has 0 radical (unpaired) electrons. The second kappa shape index (κ2) is 5.17. The van der Waals surface area contributed by atoms with E-state index in [1.165, 1.54) is 11.3 Å². The van der Waals surface area contributed by atoms with E-state index < -0.39 is 0 Å². The molecule has 0 aliphatic rings. The summed E-state index contributed by atoms with van der Waals surface area (Å²) in [6.45, 7) is 4.30. The van der Waals surface area contributed by atoms with Crippen molar-refractivity contribution in [3.8, 4) is 11.4 Å². The van der Waals surface area contributed by atoms with Gasteiger partial charge in [-0.1, -0.05) is 13.8 Å². The Morgan fingerprint density at radius 1 is 1.40 bits per heavy atom. The average molecular weight is 285 g/mol. The van der Waals surface area contributed by atoms with Crippen molar-refractivity contribution in [2.45, 2.75) is 20.3 Å². The molecule has 0 aromatic carbocycles. The summed E-state index contributed by atoms with van der Waals surface area (Å²) >= 11 is 1.53. The molecule has 3 heterocycles. The number of H-pyrrole nitrogens is 1. The fraction of sp³-hybridized carbons (Fsp3) is 0.267. The molecule has 102 valence electrons. The van der Waals surface area contributed by atoms with Crippen LogP contribution in [0.25, 0.3) is 21.6 Å². The lowest BCUT2D eigenvalue weighted by atomic mass is 10.0. The number of aromatic amines is 1. The van der Waals surface area contributed by atoms with Crippen LogP contribution in [-0.4, -0.2) is 15.0 Å². The molecule has 0 spiro atoms. The largest absolute Gasteiger partial charge is 0.306 e. The summed E-state index contributed by atoms with van der Waals surface area (Å²) in [5, 5.41) is 2.77. The molecule has 3 aromatic rings. The summed E-state index contributed by atoms with van der Waals surface area (Å²) in [5.74, 6) is 1.10. The first kappa shape index (κ1) is 13.0. The Morgan fingerprint density at radius 3 is 2.95 bits per heavy atom. The molecule has 0 saturated carbocycles. The minimum Gasteiger partial charge on any atom is -0.306 e. The third-order valence-electron chi connectivity index (χ3n) is 3.08. The summed E-state index contributed by atoms with van der Waals surface area (Å²) < 4.78 is 0. The monoisotopic (exact) mass is 285 g/mol. The quantitative estimate of drug-likeness (QED) is 0.803. The molecule has 0 amide bonds. The third kappa shape index (κ3) is 2.36. The summed E-state index contributed by atoms with van der Waals surface area (Å²) in [6.07, 6.45) is 4.30. The zero-order valence-electron chi connectivity index (χ0n) is 11.4. The van der Waals surface area contributed by atoms with Crippen LogP contribution in [0.5, 0.6) is 0 Å². The summed E-state index contributed by atoms with van der Waals surface area (Å²) in [4.78, 5) is 24.6. The van der Waals surface area contributed by atoms with Gasteiger partial charge in [0.15, 0.2) is 0 Å². The molecule has 3 aromatic heterocycles. The highest BCUT2D eigenvalue weighted by Crippen LogP contribution is 2.25. The van der Waals surface area contributed by atoms with Gasteiger partial charge in [-0.15, -0.1) is 11.3 Å². The van der Waals surface area contributed by atoms with E-state index in [0.717, 1.165) is 27.8 Å². The molecule has 1 N–H and O–H groups in total. The lowest BCUT2D eigenvalue weighted by Gasteiger charge is -2.03. The smallest absolute Gasteiger partial charge is 0.260 e. The van der Waals surface area contributed by atoms with Crippen LogP contribution in [0.15, 0.2) is 34.7 Å². The van der Waals surface area contributed by atoms with Crippen molar-refractivity contribution in [2.24, 2.45) is 5.92 Å².